The molecule has 0 saturated heterocycles. The van der Waals surface area contributed by atoms with Gasteiger partial charge < -0.3 is 4.74 Å². The second-order valence-corrected chi connectivity index (χ2v) is 7.56. The van der Waals surface area contributed by atoms with Crippen LogP contribution in [0.3, 0.4) is 0 Å². The summed E-state index contributed by atoms with van der Waals surface area (Å²) in [6.45, 7) is 2.26. The largest absolute Gasteiger partial charge is 0.477 e. The van der Waals surface area contributed by atoms with Crippen molar-refractivity contribution in [2.24, 2.45) is 7.05 Å². The van der Waals surface area contributed by atoms with E-state index in [1.165, 1.54) is 10.7 Å². The number of urea groups is 1. The molecular formula is C15H15N7O4S. The standard InChI is InChI=1S/C15H15N7O4S/c1-8-9-6-7-26-13(9)17-14(16-8)18-15(23)20-27(24,25)11-5-3-4-10-12(11)19-21-22(10)2/h3-5H,6-7H2,1-2H3,(H2,16,17,18,20,23). The number of hydrogen-bond donors (Lipinski definition) is 2. The Morgan fingerprint density at radius 2 is 2.11 bits per heavy atom. The molecule has 11 nitrogen and oxygen atoms in total. The van der Waals surface area contributed by atoms with Crippen molar-refractivity contribution < 1.29 is 17.9 Å². The SMILES string of the molecule is Cc1nc(NC(=O)NS(=O)(=O)c2cccc3c2nnn3C)nc2c1CCO2. The number of carbonyl (C=O) groups is 1. The molecule has 1 aliphatic rings. The van der Waals surface area contributed by atoms with Crippen LogP contribution < -0.4 is 14.8 Å². The zero-order valence-electron chi connectivity index (χ0n) is 14.4. The molecule has 0 aliphatic carbocycles. The van der Waals surface area contributed by atoms with Crippen LogP contribution in [0.15, 0.2) is 23.1 Å². The third kappa shape index (κ3) is 3.03. The van der Waals surface area contributed by atoms with Crippen molar-refractivity contribution in [1.29, 1.82) is 0 Å². The molecule has 0 atom stereocenters. The van der Waals surface area contributed by atoms with Gasteiger partial charge in [0.1, 0.15) is 10.4 Å². The number of ether oxygens (including phenoxy) is 1. The first-order valence-corrected chi connectivity index (χ1v) is 9.46. The highest BCUT2D eigenvalue weighted by Crippen LogP contribution is 2.26. The summed E-state index contributed by atoms with van der Waals surface area (Å²) in [4.78, 5) is 20.3. The summed E-state index contributed by atoms with van der Waals surface area (Å²) in [6.07, 6.45) is 0.699. The van der Waals surface area contributed by atoms with Gasteiger partial charge in [-0.15, -0.1) is 5.10 Å². The molecule has 12 heteroatoms. The number of nitrogens with zero attached hydrogens (tertiary/aromatic N) is 5. The monoisotopic (exact) mass is 389 g/mol. The van der Waals surface area contributed by atoms with Gasteiger partial charge in [0.2, 0.25) is 11.8 Å². The molecule has 0 radical (unpaired) electrons. The van der Waals surface area contributed by atoms with Crippen molar-refractivity contribution in [2.75, 3.05) is 11.9 Å². The summed E-state index contributed by atoms with van der Waals surface area (Å²) < 4.78 is 33.9. The van der Waals surface area contributed by atoms with Crippen LogP contribution in [0.1, 0.15) is 11.3 Å². The van der Waals surface area contributed by atoms with E-state index < -0.39 is 16.1 Å². The van der Waals surface area contributed by atoms with Crippen molar-refractivity contribution in [3.05, 3.63) is 29.5 Å². The highest BCUT2D eigenvalue weighted by atomic mass is 32.2. The number of fused-ring (bicyclic) bond motifs is 2. The topological polar surface area (TPSA) is 141 Å². The molecule has 0 bridgehead atoms. The second kappa shape index (κ2) is 6.16. The van der Waals surface area contributed by atoms with Crippen LogP contribution in [-0.4, -0.2) is 46.0 Å². The van der Waals surface area contributed by atoms with Gasteiger partial charge in [0.25, 0.3) is 10.0 Å². The number of aromatic nitrogens is 5. The van der Waals surface area contributed by atoms with Crippen LogP contribution in [0.2, 0.25) is 0 Å². The van der Waals surface area contributed by atoms with Crippen LogP contribution in [0, 0.1) is 6.92 Å². The van der Waals surface area contributed by atoms with Crippen LogP contribution in [0.4, 0.5) is 10.7 Å². The lowest BCUT2D eigenvalue weighted by Gasteiger charge is -2.09. The quantitative estimate of drug-likeness (QED) is 0.660. The Balaban J connectivity index is 1.58. The molecule has 2 N–H and O–H groups in total. The molecule has 0 unspecified atom stereocenters. The minimum absolute atomic E-state index is 0.0430. The van der Waals surface area contributed by atoms with Gasteiger partial charge in [-0.25, -0.2) is 27.6 Å². The number of carbonyl (C=O) groups excluding carboxylic acids is 1. The Kier molecular flexibility index (Phi) is 3.91. The van der Waals surface area contributed by atoms with E-state index in [0.717, 1.165) is 5.56 Å². The summed E-state index contributed by atoms with van der Waals surface area (Å²) in [6, 6.07) is 3.57. The number of hydrogen-bond acceptors (Lipinski definition) is 8. The summed E-state index contributed by atoms with van der Waals surface area (Å²) in [5, 5.41) is 9.97. The summed E-state index contributed by atoms with van der Waals surface area (Å²) in [5.41, 5.74) is 2.23. The molecule has 1 aliphatic heterocycles. The number of nitrogens with one attached hydrogen (secondary N) is 2. The van der Waals surface area contributed by atoms with Crippen molar-refractivity contribution in [3.63, 3.8) is 0 Å². The number of aryl methyl sites for hydroxylation is 2. The first-order chi connectivity index (χ1) is 12.8. The van der Waals surface area contributed by atoms with Gasteiger partial charge in [0.15, 0.2) is 0 Å². The van der Waals surface area contributed by atoms with Crippen molar-refractivity contribution >= 4 is 33.0 Å². The number of rotatable bonds is 3. The first kappa shape index (κ1) is 17.1. The average molecular weight is 389 g/mol. The van der Waals surface area contributed by atoms with Crippen molar-refractivity contribution in [1.82, 2.24) is 29.7 Å². The molecule has 3 heterocycles. The van der Waals surface area contributed by atoms with Gasteiger partial charge in [-0.2, -0.15) is 4.98 Å². The number of sulfonamides is 1. The first-order valence-electron chi connectivity index (χ1n) is 7.97. The molecule has 0 saturated carbocycles. The molecule has 140 valence electrons. The van der Waals surface area contributed by atoms with E-state index in [2.05, 4.69) is 25.6 Å². The van der Waals surface area contributed by atoms with E-state index in [-0.39, 0.29) is 16.4 Å². The van der Waals surface area contributed by atoms with E-state index in [1.807, 2.05) is 4.72 Å². The molecular weight excluding hydrogens is 374 g/mol. The zero-order valence-corrected chi connectivity index (χ0v) is 15.2. The second-order valence-electron chi connectivity index (χ2n) is 5.91. The minimum atomic E-state index is -4.18. The third-order valence-electron chi connectivity index (χ3n) is 4.11. The Bertz CT molecular complexity index is 1170. The Hall–Kier alpha value is -3.28. The van der Waals surface area contributed by atoms with Gasteiger partial charge >= 0.3 is 6.03 Å². The molecule has 4 rings (SSSR count). The maximum Gasteiger partial charge on any atom is 0.335 e. The highest BCUT2D eigenvalue weighted by molar-refractivity contribution is 7.90. The Labute approximate surface area is 153 Å². The lowest BCUT2D eigenvalue weighted by molar-refractivity contribution is 0.256. The third-order valence-corrected chi connectivity index (χ3v) is 5.48. The van der Waals surface area contributed by atoms with Gasteiger partial charge in [-0.1, -0.05) is 11.3 Å². The van der Waals surface area contributed by atoms with Crippen LogP contribution in [-0.2, 0) is 23.5 Å². The van der Waals surface area contributed by atoms with Crippen LogP contribution in [0.5, 0.6) is 5.88 Å². The number of benzene rings is 1. The fraction of sp³-hybridized carbons (Fsp3) is 0.267. The van der Waals surface area contributed by atoms with E-state index in [0.29, 0.717) is 30.1 Å². The summed E-state index contributed by atoms with van der Waals surface area (Å²) in [7, 11) is -2.54. The smallest absolute Gasteiger partial charge is 0.335 e. The van der Waals surface area contributed by atoms with Gasteiger partial charge in [0, 0.05) is 19.0 Å². The fourth-order valence-electron chi connectivity index (χ4n) is 2.84. The van der Waals surface area contributed by atoms with Crippen LogP contribution in [0.25, 0.3) is 11.0 Å². The Morgan fingerprint density at radius 1 is 1.30 bits per heavy atom. The van der Waals surface area contributed by atoms with E-state index >= 15 is 0 Å². The predicted octanol–water partition coefficient (Wildman–Crippen LogP) is 0.512. The average Bonchev–Trinajstić information content (AvgIpc) is 3.21. The molecule has 2 amide bonds. The van der Waals surface area contributed by atoms with Gasteiger partial charge in [-0.05, 0) is 19.1 Å². The maximum absolute atomic E-state index is 12.6. The normalized spacial score (nSPS) is 13.3. The predicted molar refractivity (Wildman–Crippen MR) is 93.8 cm³/mol. The van der Waals surface area contributed by atoms with Crippen LogP contribution >= 0.6 is 0 Å². The van der Waals surface area contributed by atoms with E-state index in [9.17, 15) is 13.2 Å². The molecule has 27 heavy (non-hydrogen) atoms. The molecule has 0 spiro atoms. The van der Waals surface area contributed by atoms with Crippen molar-refractivity contribution in [2.45, 2.75) is 18.2 Å². The fourth-order valence-corrected chi connectivity index (χ4v) is 3.90. The number of anilines is 1. The lowest BCUT2D eigenvalue weighted by atomic mass is 10.2. The number of amides is 2. The molecule has 3 aromatic rings. The molecule has 2 aromatic heterocycles. The van der Waals surface area contributed by atoms with Gasteiger partial charge in [0.05, 0.1) is 17.8 Å². The Morgan fingerprint density at radius 3 is 2.93 bits per heavy atom. The van der Waals surface area contributed by atoms with Crippen molar-refractivity contribution in [3.8, 4) is 5.88 Å². The lowest BCUT2D eigenvalue weighted by Crippen LogP contribution is -2.35. The molecule has 0 fully saturated rings. The summed E-state index contributed by atoms with van der Waals surface area (Å²) >= 11 is 0. The van der Waals surface area contributed by atoms with Gasteiger partial charge in [-0.3, -0.25) is 5.32 Å². The van der Waals surface area contributed by atoms with E-state index in [1.54, 1.807) is 26.1 Å². The maximum atomic E-state index is 12.6. The molecule has 1 aromatic carbocycles. The summed E-state index contributed by atoms with van der Waals surface area (Å²) in [5.74, 6) is 0.351. The highest BCUT2D eigenvalue weighted by Gasteiger charge is 2.24. The minimum Gasteiger partial charge on any atom is -0.477 e. The van der Waals surface area contributed by atoms with E-state index in [4.69, 9.17) is 4.74 Å². The zero-order chi connectivity index (χ0) is 19.2.